The molecule has 3 fully saturated rings. The monoisotopic (exact) mass is 1900 g/mol. The van der Waals surface area contributed by atoms with Crippen LogP contribution in [0.15, 0.2) is 91.6 Å². The van der Waals surface area contributed by atoms with Gasteiger partial charge in [-0.3, -0.25) is 81.5 Å². The summed E-state index contributed by atoms with van der Waals surface area (Å²) in [6.07, 6.45) is 5.79. The van der Waals surface area contributed by atoms with E-state index in [1.165, 1.54) is 78.4 Å². The molecular weight excluding hydrogens is 1780 g/mol. The van der Waals surface area contributed by atoms with Crippen LogP contribution < -0.4 is 86.3 Å². The normalized spacial score (nSPS) is 25.6. The second-order valence-corrected chi connectivity index (χ2v) is 37.6. The van der Waals surface area contributed by atoms with Crippen molar-refractivity contribution in [3.8, 4) is 0 Å². The van der Waals surface area contributed by atoms with Gasteiger partial charge < -0.3 is 121 Å². The van der Waals surface area contributed by atoms with Gasteiger partial charge in [-0.15, -0.1) is 0 Å². The van der Waals surface area contributed by atoms with E-state index in [1.807, 2.05) is 54.6 Å². The van der Waals surface area contributed by atoms with Gasteiger partial charge in [-0.25, -0.2) is 4.98 Å². The Morgan fingerprint density at radius 1 is 0.534 bits per heavy atom. The number of fused-ring (bicyclic) bond motifs is 10. The van der Waals surface area contributed by atoms with Crippen LogP contribution in [0.1, 0.15) is 133 Å². The number of unbranched alkanes of at least 4 members (excludes halogenated alkanes) is 1. The maximum absolute atomic E-state index is 16.0. The van der Waals surface area contributed by atoms with Crippen LogP contribution >= 0.6 is 35.3 Å². The van der Waals surface area contributed by atoms with E-state index in [2.05, 4.69) is 89.1 Å². The number of aromatic amines is 3. The Labute approximate surface area is 780 Å². The number of aromatic nitrogens is 4. The molecule has 0 unspecified atom stereocenters. The van der Waals surface area contributed by atoms with Gasteiger partial charge in [-0.1, -0.05) is 68.4 Å². The largest absolute Gasteiger partial charge is 0.391 e. The Balaban J connectivity index is 0.987. The number of para-hydroxylation sites is 2. The van der Waals surface area contributed by atoms with Crippen molar-refractivity contribution in [1.82, 2.24) is 104 Å². The molecule has 0 aliphatic carbocycles. The van der Waals surface area contributed by atoms with E-state index in [1.54, 1.807) is 38.4 Å². The topological polar surface area (TPSA) is 615 Å². The van der Waals surface area contributed by atoms with E-state index < -0.39 is 216 Å². The van der Waals surface area contributed by atoms with Crippen molar-refractivity contribution in [3.63, 3.8) is 0 Å². The first-order valence-electron chi connectivity index (χ1n) is 44.8. The minimum atomic E-state index is -1.81. The highest BCUT2D eigenvalue weighted by molar-refractivity contribution is 7.99. The van der Waals surface area contributed by atoms with Gasteiger partial charge >= 0.3 is 0 Å². The number of hydrogen-bond donors (Lipinski definition) is 20. The molecule has 0 saturated carbocycles. The zero-order chi connectivity index (χ0) is 95.9. The smallest absolute Gasteiger partial charge is 0.246 e. The molecule has 0 radical (unpaired) electrons. The molecule has 41 nitrogen and oxygen atoms in total. The molecule has 133 heavy (non-hydrogen) atoms. The lowest BCUT2D eigenvalue weighted by Crippen LogP contribution is -2.61. The first-order valence-corrected chi connectivity index (χ1v) is 48.2. The van der Waals surface area contributed by atoms with Gasteiger partial charge in [0.25, 0.3) is 0 Å². The molecule has 3 aromatic carbocycles. The molecular formula is C89H121N23O18S3. The van der Waals surface area contributed by atoms with Crippen molar-refractivity contribution < 1.29 is 86.6 Å². The predicted octanol–water partition coefficient (Wildman–Crippen LogP) is -2.60. The Morgan fingerprint density at radius 3 is 1.61 bits per heavy atom. The summed E-state index contributed by atoms with van der Waals surface area (Å²) >= 11 is 3.52. The molecule has 4 bridgehead atoms. The molecule has 3 aromatic heterocycles. The Hall–Kier alpha value is -12.1. The lowest BCUT2D eigenvalue weighted by atomic mass is 10.0. The van der Waals surface area contributed by atoms with Crippen LogP contribution in [-0.4, -0.2) is 293 Å². The summed E-state index contributed by atoms with van der Waals surface area (Å²) in [7, 11) is 0. The number of carbonyl (C=O) groups excluding carboxylic acids is 17. The molecule has 17 amide bonds. The highest BCUT2D eigenvalue weighted by atomic mass is 32.2. The fourth-order valence-corrected chi connectivity index (χ4v) is 19.6. The Bertz CT molecular complexity index is 5230. The number of benzene rings is 3. The van der Waals surface area contributed by atoms with Gasteiger partial charge in [-0.05, 0) is 138 Å². The van der Waals surface area contributed by atoms with Crippen molar-refractivity contribution in [3.05, 3.63) is 125 Å². The zero-order valence-corrected chi connectivity index (χ0v) is 77.5. The molecule has 3 saturated heterocycles. The summed E-state index contributed by atoms with van der Waals surface area (Å²) in [5.74, 6) is -15.1. The first-order chi connectivity index (χ1) is 63.6. The molecule has 6 aromatic rings. The number of H-pyrrole nitrogens is 3. The molecule has 44 heteroatoms. The fourth-order valence-electron chi connectivity index (χ4n) is 16.7. The Kier molecular flexibility index (Phi) is 36.6. The highest BCUT2D eigenvalue weighted by Crippen LogP contribution is 2.30. The minimum absolute atomic E-state index is 0.0302. The Morgan fingerprint density at radius 2 is 1.04 bits per heavy atom. The van der Waals surface area contributed by atoms with Crippen LogP contribution in [0.5, 0.6) is 0 Å². The van der Waals surface area contributed by atoms with Gasteiger partial charge in [0.15, 0.2) is 0 Å². The van der Waals surface area contributed by atoms with Gasteiger partial charge in [0.2, 0.25) is 100 Å². The van der Waals surface area contributed by atoms with Crippen LogP contribution in [0, 0.1) is 5.92 Å². The third kappa shape index (κ3) is 27.5. The molecule has 5 aliphatic rings. The van der Waals surface area contributed by atoms with Crippen molar-refractivity contribution >= 4 is 158 Å². The lowest BCUT2D eigenvalue weighted by Gasteiger charge is -2.31. The number of nitrogens with two attached hydrogens (primary N) is 3. The molecule has 5 aliphatic heterocycles. The van der Waals surface area contributed by atoms with Crippen LogP contribution in [0.25, 0.3) is 21.8 Å². The van der Waals surface area contributed by atoms with Gasteiger partial charge in [0.1, 0.15) is 84.6 Å². The summed E-state index contributed by atoms with van der Waals surface area (Å²) in [4.78, 5) is 266. The quantitative estimate of drug-likeness (QED) is 0.0417. The average molecular weight is 1900 g/mol. The van der Waals surface area contributed by atoms with Crippen LogP contribution in [0.3, 0.4) is 0 Å². The number of amides is 17. The number of primary amides is 1. The molecule has 11 rings (SSSR count). The van der Waals surface area contributed by atoms with E-state index in [0.29, 0.717) is 63.7 Å². The standard InChI is InChI=1S/C89H121N23O18S3/c1-46(2)73-86(127)104-64(33-56-36-93-45-98-56)79(120)96-37-71(114)101-61(20-11-12-24-90)80(121)109-74(50(6)113)87(128)105-65(82(123)99-48(4)75(92)116)42-131-39-51-28-52-30-53(29-51)41-133-44-67(89(130)112-27-15-23-70(112)85(126)108-73)107-81(122)63(32-55-35-95-60-19-10-8-17-58(55)60)102-77(118)49(5)100-83(124)68-21-13-25-110(68)72(115)38-97-78(119)62(31-54-34-94-59-18-9-7-16-57(54)59)103-84(125)69-22-14-26-111(69)88(129)66(43-132-40-52)106-76(117)47(3)91/h7-10,16-19,28-30,34-36,45-50,61-70,73-74,94-95,113H,11-15,20-27,31-33,37-44,90-91H2,1-6H3,(H2,92,116)(H,93,98)(H,96,120)(H,97,119)(H,99,123)(H,100,124)(H,101,114)(H,102,118)(H,103,125)(H,104,127)(H,105,128)(H,106,117)(H,107,122)(H,108,126)(H,109,121)/t47-,48-,49-,50-,61-,62-,63-,64-,65-,66-,67-,68-,69-,70-,73-,74-/m0/s1. The number of nitrogens with one attached hydrogen (secondary N) is 16. The van der Waals surface area contributed by atoms with E-state index in [9.17, 15) is 67.4 Å². The van der Waals surface area contributed by atoms with Crippen LogP contribution in [0.4, 0.5) is 0 Å². The maximum Gasteiger partial charge on any atom is 0.246 e. The fraction of sp³-hybridized carbons (Fsp3) is 0.528. The highest BCUT2D eigenvalue weighted by Gasteiger charge is 2.45. The third-order valence-corrected chi connectivity index (χ3v) is 27.3. The minimum Gasteiger partial charge on any atom is -0.391 e. The first kappa shape index (κ1) is 101. The third-order valence-electron chi connectivity index (χ3n) is 24.0. The van der Waals surface area contributed by atoms with Gasteiger partial charge in [-0.2, -0.15) is 35.3 Å². The van der Waals surface area contributed by atoms with E-state index >= 15 is 19.2 Å². The number of imidazole rings is 1. The molecule has 0 spiro atoms. The summed E-state index contributed by atoms with van der Waals surface area (Å²) < 4.78 is 0. The number of hydrogen-bond acceptors (Lipinski definition) is 24. The SMILES string of the molecule is CC(C)[C@@H]1NC(=O)[C@@H]2CCCN2C(=O)[C@@H]2CSCc3cc(cc(c3)CSC[C@H](NC(=O)[C@H](C)N)C(=O)N3CCC[C@H]3C(=O)N[C@@H](Cc3c[nH]c4ccccc34)C(=O)NCC(=O)N3CCC[C@H]3C(=O)N[C@@H](C)C(=O)N[C@@H](Cc3c[nH]c4ccccc34)C(=O)N2)CSC[C@@H](C(=O)N[C@@H](C)C(N)=O)NC(=O)[C@H]([C@H](C)O)NC(=O)[C@H](CCCCN)NC(=O)CNC(=O)[C@H](Cc2cnc[nH]2)NC1=O. The number of carbonyl (C=O) groups is 17. The number of aliphatic hydroxyl groups excluding tert-OH is 1. The maximum atomic E-state index is 16.0. The van der Waals surface area contributed by atoms with Crippen LogP contribution in [-0.2, 0) is 118 Å². The molecule has 16 atom stereocenters. The van der Waals surface area contributed by atoms with E-state index in [-0.39, 0.29) is 118 Å². The van der Waals surface area contributed by atoms with Crippen molar-refractivity contribution in [2.75, 3.05) is 56.5 Å². The van der Waals surface area contributed by atoms with Crippen LogP contribution in [0.2, 0.25) is 0 Å². The summed E-state index contributed by atoms with van der Waals surface area (Å²) in [5, 5.41) is 47.8. The number of nitrogens with zero attached hydrogens (tertiary/aromatic N) is 4. The average Bonchev–Trinajstić information content (AvgIpc) is 1.77. The number of rotatable bonds is 17. The van der Waals surface area contributed by atoms with Crippen molar-refractivity contribution in [1.29, 1.82) is 0 Å². The summed E-state index contributed by atoms with van der Waals surface area (Å²) in [6, 6.07) is -0.719. The number of aliphatic hydroxyl groups is 1. The molecule has 23 N–H and O–H groups in total. The second-order valence-electron chi connectivity index (χ2n) is 34.6. The van der Waals surface area contributed by atoms with Gasteiger partial charge in [0, 0.05) is 120 Å². The summed E-state index contributed by atoms with van der Waals surface area (Å²) in [5.41, 5.74) is 22.4. The summed E-state index contributed by atoms with van der Waals surface area (Å²) in [6.45, 7) is 7.50. The van der Waals surface area contributed by atoms with E-state index in [0.717, 1.165) is 22.7 Å². The predicted molar refractivity (Wildman–Crippen MR) is 496 cm³/mol. The van der Waals surface area contributed by atoms with E-state index in [4.69, 9.17) is 17.2 Å². The zero-order valence-electron chi connectivity index (χ0n) is 75.1. The number of thioether (sulfide) groups is 3. The van der Waals surface area contributed by atoms with Crippen molar-refractivity contribution in [2.45, 2.75) is 233 Å². The van der Waals surface area contributed by atoms with Crippen molar-refractivity contribution in [2.24, 2.45) is 23.1 Å². The lowest BCUT2D eigenvalue weighted by molar-refractivity contribution is -0.142. The second kappa shape index (κ2) is 48.0. The molecule has 718 valence electrons. The molecule has 8 heterocycles. The van der Waals surface area contributed by atoms with Gasteiger partial charge in [0.05, 0.1) is 31.6 Å².